The van der Waals surface area contributed by atoms with E-state index in [0.717, 1.165) is 0 Å². The Hall–Kier alpha value is -2.42. The summed E-state index contributed by atoms with van der Waals surface area (Å²) in [5.74, 6) is -0.631. The van der Waals surface area contributed by atoms with Crippen molar-refractivity contribution in [2.75, 3.05) is 4.90 Å². The topological polar surface area (TPSA) is 37.4 Å². The van der Waals surface area contributed by atoms with Crippen molar-refractivity contribution >= 4 is 17.5 Å². The Morgan fingerprint density at radius 3 is 2.22 bits per heavy atom. The molecule has 0 unspecified atom stereocenters. The van der Waals surface area contributed by atoms with Gasteiger partial charge in [0.2, 0.25) is 0 Å². The maximum atomic E-state index is 12.2. The van der Waals surface area contributed by atoms with Gasteiger partial charge in [-0.25, -0.2) is 4.90 Å². The van der Waals surface area contributed by atoms with E-state index in [1.807, 2.05) is 6.07 Å². The van der Waals surface area contributed by atoms with Gasteiger partial charge < -0.3 is 0 Å². The highest BCUT2D eigenvalue weighted by atomic mass is 16.2. The second-order valence-electron chi connectivity index (χ2n) is 3.81. The summed E-state index contributed by atoms with van der Waals surface area (Å²) < 4.78 is 0. The molecule has 2 amide bonds. The zero-order valence-electron chi connectivity index (χ0n) is 10.1. The van der Waals surface area contributed by atoms with Gasteiger partial charge in [-0.1, -0.05) is 43.0 Å². The number of carbonyl (C=O) groups is 2. The number of hydrogen-bond donors (Lipinski definition) is 0. The van der Waals surface area contributed by atoms with E-state index in [1.165, 1.54) is 11.0 Å². The lowest BCUT2D eigenvalue weighted by molar-refractivity contribution is -0.120. The van der Waals surface area contributed by atoms with E-state index < -0.39 is 0 Å². The molecule has 1 heterocycles. The second-order valence-corrected chi connectivity index (χ2v) is 3.81. The van der Waals surface area contributed by atoms with Gasteiger partial charge in [0.15, 0.2) is 0 Å². The summed E-state index contributed by atoms with van der Waals surface area (Å²) in [6.45, 7) is 5.40. The first kappa shape index (κ1) is 12.0. The first-order chi connectivity index (χ1) is 8.70. The normalized spacial score (nSPS) is 15.9. The van der Waals surface area contributed by atoms with Gasteiger partial charge in [-0.2, -0.15) is 0 Å². The smallest absolute Gasteiger partial charge is 0.266 e. The van der Waals surface area contributed by atoms with Crippen molar-refractivity contribution in [2.45, 2.75) is 6.92 Å². The van der Waals surface area contributed by atoms with Crippen molar-refractivity contribution in [3.8, 4) is 0 Å². The summed E-state index contributed by atoms with van der Waals surface area (Å²) in [7, 11) is 0. The van der Waals surface area contributed by atoms with Crippen LogP contribution in [-0.2, 0) is 9.59 Å². The molecule has 18 heavy (non-hydrogen) atoms. The number of rotatable bonds is 3. The minimum Gasteiger partial charge on any atom is -0.268 e. The highest BCUT2D eigenvalue weighted by molar-refractivity contribution is 6.34. The van der Waals surface area contributed by atoms with Crippen molar-refractivity contribution in [3.63, 3.8) is 0 Å². The van der Waals surface area contributed by atoms with Gasteiger partial charge in [-0.05, 0) is 19.1 Å². The van der Waals surface area contributed by atoms with Crippen LogP contribution >= 0.6 is 0 Å². The molecule has 1 aromatic carbocycles. The third-order valence-electron chi connectivity index (χ3n) is 2.71. The monoisotopic (exact) mass is 239 g/mol. The van der Waals surface area contributed by atoms with E-state index in [4.69, 9.17) is 0 Å². The van der Waals surface area contributed by atoms with Crippen LogP contribution in [0.15, 0.2) is 66.3 Å². The molecule has 1 aliphatic rings. The maximum absolute atomic E-state index is 12.2. The van der Waals surface area contributed by atoms with Crippen molar-refractivity contribution in [3.05, 3.63) is 66.3 Å². The number of anilines is 1. The molecule has 3 nitrogen and oxygen atoms in total. The summed E-state index contributed by atoms with van der Waals surface area (Å²) in [4.78, 5) is 25.6. The number of nitrogens with zero attached hydrogens (tertiary/aromatic N) is 1. The molecule has 0 atom stereocenters. The average Bonchev–Trinajstić information content (AvgIpc) is 2.62. The van der Waals surface area contributed by atoms with Crippen molar-refractivity contribution < 1.29 is 9.59 Å². The van der Waals surface area contributed by atoms with Crippen LogP contribution < -0.4 is 4.90 Å². The van der Waals surface area contributed by atoms with E-state index >= 15 is 0 Å². The summed E-state index contributed by atoms with van der Waals surface area (Å²) in [5.41, 5.74) is 1.31. The molecule has 0 fully saturated rings. The first-order valence-corrected chi connectivity index (χ1v) is 5.64. The number of hydrogen-bond acceptors (Lipinski definition) is 2. The van der Waals surface area contributed by atoms with E-state index in [9.17, 15) is 9.59 Å². The molecule has 0 radical (unpaired) electrons. The SMILES string of the molecule is C=CC1=C(/C=C\C)C(=O)N(c2ccccc2)C1=O. The molecule has 1 aromatic rings. The van der Waals surface area contributed by atoms with Crippen LogP contribution in [0.25, 0.3) is 0 Å². The van der Waals surface area contributed by atoms with E-state index in [-0.39, 0.29) is 11.8 Å². The van der Waals surface area contributed by atoms with Crippen molar-refractivity contribution in [1.82, 2.24) is 0 Å². The minimum atomic E-state index is -0.325. The number of para-hydroxylation sites is 1. The zero-order valence-corrected chi connectivity index (χ0v) is 10.1. The molecule has 90 valence electrons. The number of carbonyl (C=O) groups excluding carboxylic acids is 2. The molecule has 2 rings (SSSR count). The lowest BCUT2D eigenvalue weighted by Crippen LogP contribution is -2.31. The Labute approximate surface area is 106 Å². The van der Waals surface area contributed by atoms with Gasteiger partial charge in [-0.3, -0.25) is 9.59 Å². The van der Waals surface area contributed by atoms with Gasteiger partial charge in [0.05, 0.1) is 16.8 Å². The summed E-state index contributed by atoms with van der Waals surface area (Å²) >= 11 is 0. The lowest BCUT2D eigenvalue weighted by Gasteiger charge is -2.14. The van der Waals surface area contributed by atoms with Crippen LogP contribution in [0.3, 0.4) is 0 Å². The Kier molecular flexibility index (Phi) is 3.24. The fourth-order valence-corrected chi connectivity index (χ4v) is 1.90. The van der Waals surface area contributed by atoms with Crippen molar-refractivity contribution in [2.24, 2.45) is 0 Å². The summed E-state index contributed by atoms with van der Waals surface area (Å²) in [5, 5.41) is 0. The molecule has 0 aliphatic carbocycles. The first-order valence-electron chi connectivity index (χ1n) is 5.64. The van der Waals surface area contributed by atoms with E-state index in [2.05, 4.69) is 6.58 Å². The van der Waals surface area contributed by atoms with Crippen LogP contribution in [0.1, 0.15) is 6.92 Å². The molecule has 0 saturated carbocycles. The third kappa shape index (κ3) is 1.80. The number of imide groups is 1. The number of benzene rings is 1. The highest BCUT2D eigenvalue weighted by Crippen LogP contribution is 2.27. The molecular weight excluding hydrogens is 226 g/mol. The third-order valence-corrected chi connectivity index (χ3v) is 2.71. The molecule has 0 spiro atoms. The molecule has 3 heteroatoms. The van der Waals surface area contributed by atoms with Crippen LogP contribution in [0.4, 0.5) is 5.69 Å². The molecular formula is C15H13NO2. The predicted molar refractivity (Wildman–Crippen MR) is 71.0 cm³/mol. The zero-order chi connectivity index (χ0) is 13.1. The van der Waals surface area contributed by atoms with E-state index in [1.54, 1.807) is 43.3 Å². The molecule has 0 saturated heterocycles. The highest BCUT2D eigenvalue weighted by Gasteiger charge is 2.36. The largest absolute Gasteiger partial charge is 0.268 e. The molecule has 0 bridgehead atoms. The molecule has 0 aromatic heterocycles. The lowest BCUT2D eigenvalue weighted by atomic mass is 10.1. The van der Waals surface area contributed by atoms with Crippen LogP contribution in [0.2, 0.25) is 0 Å². The van der Waals surface area contributed by atoms with Crippen LogP contribution in [-0.4, -0.2) is 11.8 Å². The quantitative estimate of drug-likeness (QED) is 0.760. The minimum absolute atomic E-state index is 0.306. The van der Waals surface area contributed by atoms with Crippen LogP contribution in [0.5, 0.6) is 0 Å². The van der Waals surface area contributed by atoms with Gasteiger partial charge in [-0.15, -0.1) is 0 Å². The fraction of sp³-hybridized carbons (Fsp3) is 0.0667. The Bertz CT molecular complexity index is 567. The van der Waals surface area contributed by atoms with Gasteiger partial charge >= 0.3 is 0 Å². The van der Waals surface area contributed by atoms with Gasteiger partial charge in [0.1, 0.15) is 0 Å². The summed E-state index contributed by atoms with van der Waals surface area (Å²) in [6.07, 6.45) is 4.80. The van der Waals surface area contributed by atoms with E-state index in [0.29, 0.717) is 16.8 Å². The standard InChI is InChI=1S/C15H13NO2/c1-3-8-13-12(4-2)14(17)16(15(13)18)11-9-6-5-7-10-11/h3-10H,2H2,1H3/b8-3-. The second kappa shape index (κ2) is 4.84. The fourth-order valence-electron chi connectivity index (χ4n) is 1.90. The maximum Gasteiger partial charge on any atom is 0.266 e. The Balaban J connectivity index is 2.49. The Morgan fingerprint density at radius 1 is 1.06 bits per heavy atom. The van der Waals surface area contributed by atoms with Crippen LogP contribution in [0, 0.1) is 0 Å². The van der Waals surface area contributed by atoms with Gasteiger partial charge in [0.25, 0.3) is 11.8 Å². The number of amides is 2. The van der Waals surface area contributed by atoms with Gasteiger partial charge in [0, 0.05) is 0 Å². The molecule has 1 aliphatic heterocycles. The summed E-state index contributed by atoms with van der Waals surface area (Å²) in [6, 6.07) is 8.88. The molecule has 0 N–H and O–H groups in total. The average molecular weight is 239 g/mol. The van der Waals surface area contributed by atoms with Crippen molar-refractivity contribution in [1.29, 1.82) is 0 Å². The predicted octanol–water partition coefficient (Wildman–Crippen LogP) is 2.62. The Morgan fingerprint density at radius 2 is 1.67 bits per heavy atom. The number of allylic oxidation sites excluding steroid dienone is 1.